The van der Waals surface area contributed by atoms with Gasteiger partial charge < -0.3 is 9.84 Å². The lowest BCUT2D eigenvalue weighted by molar-refractivity contribution is 0.0693. The van der Waals surface area contributed by atoms with E-state index < -0.39 is 5.97 Å². The second-order valence-electron chi connectivity index (χ2n) is 3.72. The average molecular weight is 339 g/mol. The standard InChI is InChI=1S/C14H11BrO3S/c1-18-10-3-5-11(6-4-10)19-13-7-2-9(15)8-12(13)14(16)17/h2-8H,1H3,(H,16,17). The number of aromatic carboxylic acids is 1. The molecule has 0 saturated carbocycles. The molecule has 0 bridgehead atoms. The highest BCUT2D eigenvalue weighted by molar-refractivity contribution is 9.10. The minimum absolute atomic E-state index is 0.287. The van der Waals surface area contributed by atoms with E-state index >= 15 is 0 Å². The third-order valence-electron chi connectivity index (χ3n) is 2.46. The van der Waals surface area contributed by atoms with Crippen molar-refractivity contribution in [2.75, 3.05) is 7.11 Å². The van der Waals surface area contributed by atoms with Crippen molar-refractivity contribution in [2.24, 2.45) is 0 Å². The Morgan fingerprint density at radius 3 is 2.47 bits per heavy atom. The number of hydrogen-bond acceptors (Lipinski definition) is 3. The first-order valence-corrected chi connectivity index (χ1v) is 7.06. The van der Waals surface area contributed by atoms with E-state index in [9.17, 15) is 9.90 Å². The van der Waals surface area contributed by atoms with Gasteiger partial charge in [0.2, 0.25) is 0 Å². The number of carboxylic acids is 1. The van der Waals surface area contributed by atoms with Gasteiger partial charge >= 0.3 is 5.97 Å². The Kier molecular flexibility index (Phi) is 4.50. The van der Waals surface area contributed by atoms with Gasteiger partial charge in [0.15, 0.2) is 0 Å². The van der Waals surface area contributed by atoms with Crippen molar-refractivity contribution in [1.29, 1.82) is 0 Å². The predicted octanol–water partition coefficient (Wildman–Crippen LogP) is 4.31. The van der Waals surface area contributed by atoms with Crippen molar-refractivity contribution in [2.45, 2.75) is 9.79 Å². The maximum Gasteiger partial charge on any atom is 0.336 e. The van der Waals surface area contributed by atoms with Crippen LogP contribution in [0.25, 0.3) is 0 Å². The third-order valence-corrected chi connectivity index (χ3v) is 4.04. The summed E-state index contributed by atoms with van der Waals surface area (Å²) in [7, 11) is 1.61. The molecule has 0 radical (unpaired) electrons. The number of hydrogen-bond donors (Lipinski definition) is 1. The maximum absolute atomic E-state index is 11.2. The first kappa shape index (κ1) is 14.0. The van der Waals surface area contributed by atoms with Crippen LogP contribution in [0.1, 0.15) is 10.4 Å². The minimum Gasteiger partial charge on any atom is -0.497 e. The molecule has 0 amide bonds. The molecule has 5 heteroatoms. The van der Waals surface area contributed by atoms with Gasteiger partial charge in [-0.3, -0.25) is 0 Å². The topological polar surface area (TPSA) is 46.5 Å². The van der Waals surface area contributed by atoms with Gasteiger partial charge in [0.05, 0.1) is 12.7 Å². The summed E-state index contributed by atoms with van der Waals surface area (Å²) in [4.78, 5) is 12.9. The first-order chi connectivity index (χ1) is 9.10. The van der Waals surface area contributed by atoms with Crippen molar-refractivity contribution in [3.63, 3.8) is 0 Å². The number of carboxylic acid groups (broad SMARTS) is 1. The van der Waals surface area contributed by atoms with Crippen LogP contribution in [-0.4, -0.2) is 18.2 Å². The van der Waals surface area contributed by atoms with Crippen molar-refractivity contribution in [3.05, 3.63) is 52.5 Å². The summed E-state index contributed by atoms with van der Waals surface area (Å²) < 4.78 is 5.84. The highest BCUT2D eigenvalue weighted by atomic mass is 79.9. The van der Waals surface area contributed by atoms with Crippen LogP contribution >= 0.6 is 27.7 Å². The van der Waals surface area contributed by atoms with Gasteiger partial charge in [0.25, 0.3) is 0 Å². The Balaban J connectivity index is 2.29. The Labute approximate surface area is 123 Å². The fourth-order valence-electron chi connectivity index (χ4n) is 1.53. The highest BCUT2D eigenvalue weighted by Gasteiger charge is 2.11. The van der Waals surface area contributed by atoms with Crippen LogP contribution in [0.15, 0.2) is 56.7 Å². The normalized spacial score (nSPS) is 10.2. The fourth-order valence-corrected chi connectivity index (χ4v) is 2.81. The average Bonchev–Trinajstić information content (AvgIpc) is 2.41. The van der Waals surface area contributed by atoms with Crippen LogP contribution in [0.3, 0.4) is 0 Å². The second kappa shape index (κ2) is 6.12. The van der Waals surface area contributed by atoms with E-state index in [1.54, 1.807) is 19.2 Å². The van der Waals surface area contributed by atoms with Crippen LogP contribution in [0.4, 0.5) is 0 Å². The molecule has 2 rings (SSSR count). The van der Waals surface area contributed by atoms with Crippen LogP contribution in [0.5, 0.6) is 5.75 Å². The Morgan fingerprint density at radius 2 is 1.89 bits per heavy atom. The molecule has 0 aliphatic rings. The van der Waals surface area contributed by atoms with Crippen LogP contribution in [0.2, 0.25) is 0 Å². The molecule has 0 saturated heterocycles. The highest BCUT2D eigenvalue weighted by Crippen LogP contribution is 2.33. The van der Waals surface area contributed by atoms with Gasteiger partial charge in [-0.25, -0.2) is 4.79 Å². The third kappa shape index (κ3) is 3.52. The van der Waals surface area contributed by atoms with E-state index in [1.807, 2.05) is 30.3 Å². The largest absolute Gasteiger partial charge is 0.497 e. The van der Waals surface area contributed by atoms with E-state index in [4.69, 9.17) is 4.74 Å². The SMILES string of the molecule is COc1ccc(Sc2ccc(Br)cc2C(=O)O)cc1. The van der Waals surface area contributed by atoms with Crippen LogP contribution in [-0.2, 0) is 0 Å². The summed E-state index contributed by atoms with van der Waals surface area (Å²) in [5, 5.41) is 9.20. The molecule has 1 N–H and O–H groups in total. The summed E-state index contributed by atoms with van der Waals surface area (Å²) in [6.45, 7) is 0. The van der Waals surface area contributed by atoms with Gasteiger partial charge in [-0.2, -0.15) is 0 Å². The van der Waals surface area contributed by atoms with Crippen LogP contribution in [0, 0.1) is 0 Å². The number of rotatable bonds is 4. The zero-order valence-electron chi connectivity index (χ0n) is 10.1. The van der Waals surface area contributed by atoms with Crippen LogP contribution < -0.4 is 4.74 Å². The van der Waals surface area contributed by atoms with E-state index in [1.165, 1.54) is 11.8 Å². The van der Waals surface area contributed by atoms with E-state index in [0.29, 0.717) is 4.90 Å². The molecule has 0 unspecified atom stereocenters. The zero-order chi connectivity index (χ0) is 13.8. The molecule has 0 aliphatic carbocycles. The van der Waals surface area contributed by atoms with Crippen molar-refractivity contribution >= 4 is 33.7 Å². The minimum atomic E-state index is -0.933. The van der Waals surface area contributed by atoms with Crippen molar-refractivity contribution in [3.8, 4) is 5.75 Å². The first-order valence-electron chi connectivity index (χ1n) is 5.45. The lowest BCUT2D eigenvalue weighted by Gasteiger charge is -2.07. The molecule has 0 fully saturated rings. The molecule has 0 atom stereocenters. The lowest BCUT2D eigenvalue weighted by atomic mass is 10.2. The van der Waals surface area contributed by atoms with Gasteiger partial charge in [-0.1, -0.05) is 27.7 Å². The maximum atomic E-state index is 11.2. The molecule has 2 aromatic carbocycles. The molecule has 3 nitrogen and oxygen atoms in total. The molecule has 0 spiro atoms. The van der Waals surface area contributed by atoms with Crippen molar-refractivity contribution < 1.29 is 14.6 Å². The number of ether oxygens (including phenoxy) is 1. The number of halogens is 1. The monoisotopic (exact) mass is 338 g/mol. The molecule has 0 aliphatic heterocycles. The van der Waals surface area contributed by atoms with E-state index in [2.05, 4.69) is 15.9 Å². The van der Waals surface area contributed by atoms with Gasteiger partial charge in [-0.15, -0.1) is 0 Å². The number of carbonyl (C=O) groups is 1. The molecule has 0 heterocycles. The summed E-state index contributed by atoms with van der Waals surface area (Å²) >= 11 is 4.69. The lowest BCUT2D eigenvalue weighted by Crippen LogP contribution is -1.98. The van der Waals surface area contributed by atoms with Gasteiger partial charge in [0.1, 0.15) is 5.75 Å². The zero-order valence-corrected chi connectivity index (χ0v) is 12.5. The number of benzene rings is 2. The summed E-state index contributed by atoms with van der Waals surface area (Å²) in [5.74, 6) is -0.157. The quantitative estimate of drug-likeness (QED) is 0.902. The Hall–Kier alpha value is -1.46. The van der Waals surface area contributed by atoms with Gasteiger partial charge in [-0.05, 0) is 42.5 Å². The smallest absolute Gasteiger partial charge is 0.336 e. The molecular weight excluding hydrogens is 328 g/mol. The molecule has 2 aromatic rings. The summed E-state index contributed by atoms with van der Waals surface area (Å²) in [6.07, 6.45) is 0. The molecule has 0 aromatic heterocycles. The fraction of sp³-hybridized carbons (Fsp3) is 0.0714. The summed E-state index contributed by atoms with van der Waals surface area (Å²) in [6, 6.07) is 12.7. The predicted molar refractivity (Wildman–Crippen MR) is 78.2 cm³/mol. The summed E-state index contributed by atoms with van der Waals surface area (Å²) in [5.41, 5.74) is 0.287. The molecule has 98 valence electrons. The molecule has 19 heavy (non-hydrogen) atoms. The van der Waals surface area contributed by atoms with E-state index in [0.717, 1.165) is 15.1 Å². The second-order valence-corrected chi connectivity index (χ2v) is 5.75. The number of methoxy groups -OCH3 is 1. The molecular formula is C14H11BrO3S. The van der Waals surface area contributed by atoms with E-state index in [-0.39, 0.29) is 5.56 Å². The van der Waals surface area contributed by atoms with Gasteiger partial charge in [0, 0.05) is 14.3 Å². The Bertz CT molecular complexity index is 596. The Morgan fingerprint density at radius 1 is 1.21 bits per heavy atom. The van der Waals surface area contributed by atoms with Crippen molar-refractivity contribution in [1.82, 2.24) is 0 Å².